The molecular weight excluding hydrogens is 157 g/mol. The summed E-state index contributed by atoms with van der Waals surface area (Å²) in [6.45, 7) is 0. The average Bonchev–Trinajstić information content (AvgIpc) is 2.86. The van der Waals surface area contributed by atoms with Crippen molar-refractivity contribution in [1.29, 1.82) is 0 Å². The zero-order valence-electron chi connectivity index (χ0n) is 6.57. The van der Waals surface area contributed by atoms with Gasteiger partial charge in [-0.15, -0.1) is 0 Å². The Labute approximate surface area is 70.1 Å². The van der Waals surface area contributed by atoms with E-state index < -0.39 is 11.9 Å². The normalized spacial score (nSPS) is 19.2. The minimum atomic E-state index is -0.703. The summed E-state index contributed by atoms with van der Waals surface area (Å²) in [6.07, 6.45) is 2.77. The lowest BCUT2D eigenvalue weighted by Crippen LogP contribution is -2.04. The van der Waals surface area contributed by atoms with Crippen LogP contribution >= 0.6 is 0 Å². The van der Waals surface area contributed by atoms with E-state index in [9.17, 15) is 9.50 Å². The molecule has 1 aliphatic carbocycles. The highest BCUT2D eigenvalue weighted by atomic mass is 19.1. The van der Waals surface area contributed by atoms with E-state index >= 15 is 0 Å². The molecule has 2 nitrogen and oxygen atoms in total. The smallest absolute Gasteiger partial charge is 0.147 e. The Balaban J connectivity index is 2.25. The second-order valence-electron chi connectivity index (χ2n) is 3.15. The van der Waals surface area contributed by atoms with Gasteiger partial charge in [0.05, 0.1) is 0 Å². The third-order valence-electron chi connectivity index (χ3n) is 2.14. The van der Waals surface area contributed by atoms with Gasteiger partial charge in [-0.1, -0.05) is 0 Å². The number of nitrogens with zero attached hydrogens (tertiary/aromatic N) is 1. The molecule has 2 rings (SSSR count). The number of aliphatic hydroxyl groups excluding tert-OH is 1. The van der Waals surface area contributed by atoms with Gasteiger partial charge in [0.2, 0.25) is 0 Å². The third-order valence-corrected chi connectivity index (χ3v) is 2.14. The third kappa shape index (κ3) is 1.32. The molecule has 1 fully saturated rings. The van der Waals surface area contributed by atoms with Gasteiger partial charge < -0.3 is 5.11 Å². The molecule has 0 spiro atoms. The van der Waals surface area contributed by atoms with Crippen LogP contribution < -0.4 is 0 Å². The van der Waals surface area contributed by atoms with E-state index in [-0.39, 0.29) is 11.6 Å². The molecule has 1 N–H and O–H groups in total. The second-order valence-corrected chi connectivity index (χ2v) is 3.15. The molecule has 1 aromatic heterocycles. The highest BCUT2D eigenvalue weighted by molar-refractivity contribution is 5.12. The van der Waals surface area contributed by atoms with Crippen molar-refractivity contribution in [2.24, 2.45) is 5.92 Å². The van der Waals surface area contributed by atoms with Crippen LogP contribution in [-0.2, 0) is 0 Å². The maximum absolute atomic E-state index is 13.0. The van der Waals surface area contributed by atoms with Crippen molar-refractivity contribution in [2.45, 2.75) is 18.9 Å². The Kier molecular flexibility index (Phi) is 1.81. The van der Waals surface area contributed by atoms with Gasteiger partial charge in [-0.05, 0) is 30.9 Å². The van der Waals surface area contributed by atoms with Gasteiger partial charge in [-0.25, -0.2) is 4.39 Å². The quantitative estimate of drug-likeness (QED) is 0.726. The van der Waals surface area contributed by atoms with E-state index in [2.05, 4.69) is 4.98 Å². The van der Waals surface area contributed by atoms with Crippen molar-refractivity contribution in [3.63, 3.8) is 0 Å². The van der Waals surface area contributed by atoms with E-state index in [0.29, 0.717) is 0 Å². The van der Waals surface area contributed by atoms with Gasteiger partial charge >= 0.3 is 0 Å². The average molecular weight is 167 g/mol. The molecule has 1 unspecified atom stereocenters. The summed E-state index contributed by atoms with van der Waals surface area (Å²) < 4.78 is 13.0. The first kappa shape index (κ1) is 7.68. The molecule has 64 valence electrons. The maximum Gasteiger partial charge on any atom is 0.147 e. The van der Waals surface area contributed by atoms with Crippen molar-refractivity contribution in [3.8, 4) is 0 Å². The number of hydrogen-bond acceptors (Lipinski definition) is 2. The van der Waals surface area contributed by atoms with E-state index in [1.54, 1.807) is 0 Å². The zero-order valence-corrected chi connectivity index (χ0v) is 6.57. The molecular formula is C9H10FNO. The molecule has 1 saturated carbocycles. The van der Waals surface area contributed by atoms with Crippen LogP contribution in [0.1, 0.15) is 24.6 Å². The summed E-state index contributed by atoms with van der Waals surface area (Å²) >= 11 is 0. The number of halogens is 1. The van der Waals surface area contributed by atoms with Gasteiger partial charge in [-0.3, -0.25) is 4.98 Å². The Hall–Kier alpha value is -0.960. The van der Waals surface area contributed by atoms with Crippen LogP contribution in [0.25, 0.3) is 0 Å². The molecule has 0 radical (unpaired) electrons. The molecule has 1 atom stereocenters. The SMILES string of the molecule is OC(c1ncccc1F)C1CC1. The zero-order chi connectivity index (χ0) is 8.55. The minimum absolute atomic E-state index is 0.194. The minimum Gasteiger partial charge on any atom is -0.386 e. The highest BCUT2D eigenvalue weighted by Gasteiger charge is 2.32. The molecule has 12 heavy (non-hydrogen) atoms. The Morgan fingerprint density at radius 2 is 2.33 bits per heavy atom. The predicted octanol–water partition coefficient (Wildman–Crippen LogP) is 1.66. The summed E-state index contributed by atoms with van der Waals surface area (Å²) in [5, 5.41) is 9.54. The Bertz CT molecular complexity index is 286. The molecule has 1 aromatic rings. The van der Waals surface area contributed by atoms with Crippen molar-refractivity contribution in [2.75, 3.05) is 0 Å². The topological polar surface area (TPSA) is 33.1 Å². The van der Waals surface area contributed by atoms with Gasteiger partial charge in [0.25, 0.3) is 0 Å². The van der Waals surface area contributed by atoms with Crippen LogP contribution in [-0.4, -0.2) is 10.1 Å². The van der Waals surface area contributed by atoms with Crippen LogP contribution in [0.2, 0.25) is 0 Å². The van der Waals surface area contributed by atoms with E-state index in [4.69, 9.17) is 0 Å². The van der Waals surface area contributed by atoms with E-state index in [1.807, 2.05) is 0 Å². The molecule has 0 aromatic carbocycles. The monoisotopic (exact) mass is 167 g/mol. The molecule has 1 aliphatic rings. The van der Waals surface area contributed by atoms with Gasteiger partial charge in [0.15, 0.2) is 0 Å². The lowest BCUT2D eigenvalue weighted by Gasteiger charge is -2.08. The lowest BCUT2D eigenvalue weighted by atomic mass is 10.1. The van der Waals surface area contributed by atoms with Gasteiger partial charge in [0, 0.05) is 6.20 Å². The van der Waals surface area contributed by atoms with E-state index in [1.165, 1.54) is 18.3 Å². The van der Waals surface area contributed by atoms with Crippen molar-refractivity contribution < 1.29 is 9.50 Å². The number of aliphatic hydroxyl groups is 1. The van der Waals surface area contributed by atoms with Crippen LogP contribution in [0.4, 0.5) is 4.39 Å². The summed E-state index contributed by atoms with van der Waals surface area (Å²) in [5.74, 6) is -0.175. The first-order valence-corrected chi connectivity index (χ1v) is 4.07. The molecule has 3 heteroatoms. The Morgan fingerprint density at radius 1 is 1.58 bits per heavy atom. The van der Waals surface area contributed by atoms with Crippen molar-refractivity contribution in [1.82, 2.24) is 4.98 Å². The summed E-state index contributed by atoms with van der Waals surface area (Å²) in [4.78, 5) is 3.81. The van der Waals surface area contributed by atoms with E-state index in [0.717, 1.165) is 12.8 Å². The van der Waals surface area contributed by atoms with Crippen LogP contribution in [0.3, 0.4) is 0 Å². The highest BCUT2D eigenvalue weighted by Crippen LogP contribution is 2.40. The lowest BCUT2D eigenvalue weighted by molar-refractivity contribution is 0.144. The number of aromatic nitrogens is 1. The number of rotatable bonds is 2. The Morgan fingerprint density at radius 3 is 2.92 bits per heavy atom. The second kappa shape index (κ2) is 2.83. The van der Waals surface area contributed by atoms with Gasteiger partial charge in [0.1, 0.15) is 17.6 Å². The largest absolute Gasteiger partial charge is 0.386 e. The molecule has 1 heterocycles. The fraction of sp³-hybridized carbons (Fsp3) is 0.444. The summed E-state index contributed by atoms with van der Waals surface area (Å²) in [5.41, 5.74) is 0.194. The number of hydrogen-bond donors (Lipinski definition) is 1. The number of pyridine rings is 1. The van der Waals surface area contributed by atoms with Gasteiger partial charge in [-0.2, -0.15) is 0 Å². The first-order chi connectivity index (χ1) is 5.79. The van der Waals surface area contributed by atoms with Crippen molar-refractivity contribution in [3.05, 3.63) is 29.8 Å². The van der Waals surface area contributed by atoms with Crippen LogP contribution in [0.15, 0.2) is 18.3 Å². The predicted molar refractivity (Wildman–Crippen MR) is 41.9 cm³/mol. The molecule has 0 amide bonds. The molecule has 0 aliphatic heterocycles. The fourth-order valence-corrected chi connectivity index (χ4v) is 1.25. The first-order valence-electron chi connectivity index (χ1n) is 4.07. The summed E-state index contributed by atoms with van der Waals surface area (Å²) in [7, 11) is 0. The maximum atomic E-state index is 13.0. The summed E-state index contributed by atoms with van der Waals surface area (Å²) in [6, 6.07) is 2.85. The van der Waals surface area contributed by atoms with Crippen LogP contribution in [0, 0.1) is 11.7 Å². The molecule has 0 bridgehead atoms. The van der Waals surface area contributed by atoms with Crippen LogP contribution in [0.5, 0.6) is 0 Å². The molecule has 0 saturated heterocycles. The van der Waals surface area contributed by atoms with Crippen molar-refractivity contribution >= 4 is 0 Å². The fourth-order valence-electron chi connectivity index (χ4n) is 1.25. The standard InChI is InChI=1S/C9H10FNO/c10-7-2-1-5-11-8(7)9(12)6-3-4-6/h1-2,5-6,9,12H,3-4H2.